The second-order valence-corrected chi connectivity index (χ2v) is 2.98. The molecule has 0 radical (unpaired) electrons. The molecule has 0 saturated heterocycles. The Morgan fingerprint density at radius 1 is 1.38 bits per heavy atom. The molecule has 0 bridgehead atoms. The van der Waals surface area contributed by atoms with E-state index >= 15 is 0 Å². The Kier molecular flexibility index (Phi) is 3.47. The maximum atomic E-state index is 9.40. The predicted octanol–water partition coefficient (Wildman–Crippen LogP) is 2.64. The Morgan fingerprint density at radius 2 is 2.00 bits per heavy atom. The Morgan fingerprint density at radius 3 is 2.54 bits per heavy atom. The third-order valence-electron chi connectivity index (χ3n) is 1.88. The molecule has 0 amide bonds. The van der Waals surface area contributed by atoms with Crippen molar-refractivity contribution in [1.82, 2.24) is 0 Å². The molecule has 0 saturated carbocycles. The summed E-state index contributed by atoms with van der Waals surface area (Å²) in [6.07, 6.45) is 2.93. The van der Waals surface area contributed by atoms with Gasteiger partial charge in [0.2, 0.25) is 0 Å². The fourth-order valence-electron chi connectivity index (χ4n) is 1.08. The zero-order chi connectivity index (χ0) is 9.68. The quantitative estimate of drug-likeness (QED) is 0.698. The smallest absolute Gasteiger partial charge is 0.0929 e. The van der Waals surface area contributed by atoms with Crippen LogP contribution in [0.15, 0.2) is 48.6 Å². The minimum absolute atomic E-state index is 0.541. The van der Waals surface area contributed by atoms with Crippen LogP contribution < -0.4 is 0 Å². The summed E-state index contributed by atoms with van der Waals surface area (Å²) in [7, 11) is 0. The SMILES string of the molecule is C=CC(O)/C(C)=C\c1ccccc1. The van der Waals surface area contributed by atoms with E-state index in [0.29, 0.717) is 0 Å². The summed E-state index contributed by atoms with van der Waals surface area (Å²) in [6.45, 7) is 5.42. The molecule has 0 heterocycles. The molecule has 1 aromatic rings. The first kappa shape index (κ1) is 9.75. The topological polar surface area (TPSA) is 20.2 Å². The van der Waals surface area contributed by atoms with E-state index in [0.717, 1.165) is 11.1 Å². The number of rotatable bonds is 3. The molecule has 0 spiro atoms. The summed E-state index contributed by atoms with van der Waals surface area (Å²) in [4.78, 5) is 0. The lowest BCUT2D eigenvalue weighted by Crippen LogP contribution is -2.02. The second-order valence-electron chi connectivity index (χ2n) is 2.98. The maximum Gasteiger partial charge on any atom is 0.0929 e. The van der Waals surface area contributed by atoms with Crippen LogP contribution >= 0.6 is 0 Å². The largest absolute Gasteiger partial charge is 0.385 e. The molecule has 0 aliphatic heterocycles. The number of benzene rings is 1. The first-order valence-electron chi connectivity index (χ1n) is 4.28. The molecular weight excluding hydrogens is 160 g/mol. The van der Waals surface area contributed by atoms with Gasteiger partial charge in [0.15, 0.2) is 0 Å². The normalized spacial score (nSPS) is 13.8. The summed E-state index contributed by atoms with van der Waals surface area (Å²) < 4.78 is 0. The Bertz CT molecular complexity index is 298. The monoisotopic (exact) mass is 174 g/mol. The minimum atomic E-state index is -0.541. The molecule has 0 aromatic heterocycles. The van der Waals surface area contributed by atoms with Crippen molar-refractivity contribution in [2.75, 3.05) is 0 Å². The first-order chi connectivity index (χ1) is 6.24. The van der Waals surface area contributed by atoms with Gasteiger partial charge in [0.1, 0.15) is 0 Å². The third-order valence-corrected chi connectivity index (χ3v) is 1.88. The van der Waals surface area contributed by atoms with Gasteiger partial charge in [0.05, 0.1) is 6.10 Å². The fraction of sp³-hybridized carbons (Fsp3) is 0.167. The average molecular weight is 174 g/mol. The van der Waals surface area contributed by atoms with E-state index in [2.05, 4.69) is 6.58 Å². The van der Waals surface area contributed by atoms with Gasteiger partial charge in [-0.3, -0.25) is 0 Å². The van der Waals surface area contributed by atoms with E-state index in [-0.39, 0.29) is 0 Å². The van der Waals surface area contributed by atoms with Crippen LogP contribution in [-0.4, -0.2) is 11.2 Å². The lowest BCUT2D eigenvalue weighted by Gasteiger charge is -2.04. The molecule has 1 nitrogen and oxygen atoms in total. The lowest BCUT2D eigenvalue weighted by atomic mass is 10.1. The molecule has 13 heavy (non-hydrogen) atoms. The molecule has 68 valence electrons. The van der Waals surface area contributed by atoms with Crippen molar-refractivity contribution in [3.63, 3.8) is 0 Å². The van der Waals surface area contributed by atoms with Crippen molar-refractivity contribution in [3.8, 4) is 0 Å². The average Bonchev–Trinajstić information content (AvgIpc) is 2.18. The summed E-state index contributed by atoms with van der Waals surface area (Å²) in [5.41, 5.74) is 2.00. The Balaban J connectivity index is 2.82. The highest BCUT2D eigenvalue weighted by atomic mass is 16.3. The van der Waals surface area contributed by atoms with E-state index in [9.17, 15) is 5.11 Å². The van der Waals surface area contributed by atoms with Crippen LogP contribution in [0.4, 0.5) is 0 Å². The molecule has 0 fully saturated rings. The summed E-state index contributed by atoms with van der Waals surface area (Å²) in [5.74, 6) is 0. The second kappa shape index (κ2) is 4.63. The van der Waals surface area contributed by atoms with Crippen LogP contribution in [0.3, 0.4) is 0 Å². The predicted molar refractivity (Wildman–Crippen MR) is 56.3 cm³/mol. The van der Waals surface area contributed by atoms with Crippen LogP contribution in [0.5, 0.6) is 0 Å². The highest BCUT2D eigenvalue weighted by Crippen LogP contribution is 2.09. The van der Waals surface area contributed by atoms with Gasteiger partial charge in [0, 0.05) is 0 Å². The Hall–Kier alpha value is -1.34. The van der Waals surface area contributed by atoms with Gasteiger partial charge < -0.3 is 5.11 Å². The highest BCUT2D eigenvalue weighted by Gasteiger charge is 1.99. The van der Waals surface area contributed by atoms with Crippen molar-refractivity contribution in [2.24, 2.45) is 0 Å². The summed E-state index contributed by atoms with van der Waals surface area (Å²) >= 11 is 0. The van der Waals surface area contributed by atoms with Gasteiger partial charge in [-0.25, -0.2) is 0 Å². The van der Waals surface area contributed by atoms with Crippen LogP contribution in [0.25, 0.3) is 6.08 Å². The lowest BCUT2D eigenvalue weighted by molar-refractivity contribution is 0.261. The van der Waals surface area contributed by atoms with Crippen LogP contribution in [0.1, 0.15) is 12.5 Å². The van der Waals surface area contributed by atoms with Crippen LogP contribution in [0.2, 0.25) is 0 Å². The van der Waals surface area contributed by atoms with Crippen LogP contribution in [-0.2, 0) is 0 Å². The number of hydrogen-bond donors (Lipinski definition) is 1. The van der Waals surface area contributed by atoms with Gasteiger partial charge in [-0.05, 0) is 18.1 Å². The Labute approximate surface area is 79.0 Å². The molecule has 1 atom stereocenters. The van der Waals surface area contributed by atoms with E-state index in [1.165, 1.54) is 6.08 Å². The third kappa shape index (κ3) is 2.88. The van der Waals surface area contributed by atoms with Crippen molar-refractivity contribution in [1.29, 1.82) is 0 Å². The molecule has 0 aliphatic rings. The highest BCUT2D eigenvalue weighted by molar-refractivity contribution is 5.53. The van der Waals surface area contributed by atoms with Gasteiger partial charge >= 0.3 is 0 Å². The summed E-state index contributed by atoms with van der Waals surface area (Å²) in [6, 6.07) is 9.91. The minimum Gasteiger partial charge on any atom is -0.385 e. The van der Waals surface area contributed by atoms with E-state index in [1.807, 2.05) is 43.3 Å². The fourth-order valence-corrected chi connectivity index (χ4v) is 1.08. The van der Waals surface area contributed by atoms with E-state index in [4.69, 9.17) is 0 Å². The van der Waals surface area contributed by atoms with E-state index in [1.54, 1.807) is 0 Å². The van der Waals surface area contributed by atoms with Gasteiger partial charge in [0.25, 0.3) is 0 Å². The molecule has 1 unspecified atom stereocenters. The zero-order valence-electron chi connectivity index (χ0n) is 7.77. The number of hydrogen-bond acceptors (Lipinski definition) is 1. The standard InChI is InChI=1S/C12H14O/c1-3-12(13)10(2)9-11-7-5-4-6-8-11/h3-9,12-13H,1H2,2H3/b10-9-. The molecule has 1 N–H and O–H groups in total. The number of aliphatic hydroxyl groups is 1. The molecule has 1 rings (SSSR count). The summed E-state index contributed by atoms with van der Waals surface area (Å²) in [5, 5.41) is 9.40. The van der Waals surface area contributed by atoms with Gasteiger partial charge in [-0.15, -0.1) is 6.58 Å². The zero-order valence-corrected chi connectivity index (χ0v) is 7.77. The molecule has 0 aliphatic carbocycles. The molecule has 1 aromatic carbocycles. The molecule has 1 heteroatoms. The van der Waals surface area contributed by atoms with Crippen LogP contribution in [0, 0.1) is 0 Å². The molecular formula is C12H14O. The maximum absolute atomic E-state index is 9.40. The van der Waals surface area contributed by atoms with E-state index < -0.39 is 6.10 Å². The first-order valence-corrected chi connectivity index (χ1v) is 4.28. The van der Waals surface area contributed by atoms with Crippen molar-refractivity contribution < 1.29 is 5.11 Å². The van der Waals surface area contributed by atoms with Crippen molar-refractivity contribution >= 4 is 6.08 Å². The number of aliphatic hydroxyl groups excluding tert-OH is 1. The van der Waals surface area contributed by atoms with Gasteiger partial charge in [-0.1, -0.05) is 42.5 Å². The van der Waals surface area contributed by atoms with Gasteiger partial charge in [-0.2, -0.15) is 0 Å². The van der Waals surface area contributed by atoms with Crippen molar-refractivity contribution in [3.05, 3.63) is 54.1 Å². The van der Waals surface area contributed by atoms with Crippen molar-refractivity contribution in [2.45, 2.75) is 13.0 Å².